The van der Waals surface area contributed by atoms with Crippen LogP contribution in [0.5, 0.6) is 0 Å². The molecule has 132 valence electrons. The molecule has 0 bridgehead atoms. The molecule has 0 aromatic heterocycles. The fourth-order valence-corrected chi connectivity index (χ4v) is 2.99. The molecule has 0 saturated heterocycles. The van der Waals surface area contributed by atoms with E-state index in [0.29, 0.717) is 6.54 Å². The molecule has 3 rings (SSSR count). The van der Waals surface area contributed by atoms with Gasteiger partial charge in [0.1, 0.15) is 0 Å². The van der Waals surface area contributed by atoms with Crippen LogP contribution in [0, 0.1) is 0 Å². The monoisotopic (exact) mass is 344 g/mol. The Morgan fingerprint density at radius 3 is 1.92 bits per heavy atom. The van der Waals surface area contributed by atoms with Crippen molar-refractivity contribution in [3.63, 3.8) is 0 Å². The minimum Gasteiger partial charge on any atom is -0.378 e. The lowest BCUT2D eigenvalue weighted by Crippen LogP contribution is -2.29. The molecule has 3 nitrogen and oxygen atoms in total. The Hall–Kier alpha value is -3.07. The highest BCUT2D eigenvalue weighted by molar-refractivity contribution is 5.87. The molecule has 26 heavy (non-hydrogen) atoms. The van der Waals surface area contributed by atoms with Crippen molar-refractivity contribution >= 4 is 11.6 Å². The molecular formula is C23H24N2O. The third-order valence-corrected chi connectivity index (χ3v) is 4.45. The van der Waals surface area contributed by atoms with Crippen molar-refractivity contribution in [1.82, 2.24) is 5.32 Å². The summed E-state index contributed by atoms with van der Waals surface area (Å²) in [5, 5.41) is 3.08. The van der Waals surface area contributed by atoms with Crippen LogP contribution in [0.1, 0.15) is 22.6 Å². The number of nitrogens with one attached hydrogen (secondary N) is 1. The highest BCUT2D eigenvalue weighted by Crippen LogP contribution is 2.26. The Morgan fingerprint density at radius 2 is 1.35 bits per heavy atom. The summed E-state index contributed by atoms with van der Waals surface area (Å²) in [6, 6.07) is 28.1. The summed E-state index contributed by atoms with van der Waals surface area (Å²) in [6.45, 7) is 0.527. The van der Waals surface area contributed by atoms with E-state index in [-0.39, 0.29) is 11.8 Å². The summed E-state index contributed by atoms with van der Waals surface area (Å²) in [5.74, 6) is -0.311. The van der Waals surface area contributed by atoms with Gasteiger partial charge in [0, 0.05) is 26.3 Å². The Balaban J connectivity index is 1.84. The maximum Gasteiger partial charge on any atom is 0.232 e. The molecule has 0 fully saturated rings. The maximum absolute atomic E-state index is 13.0. The Morgan fingerprint density at radius 1 is 0.808 bits per heavy atom. The quantitative estimate of drug-likeness (QED) is 0.727. The molecule has 0 aliphatic rings. The molecule has 0 heterocycles. The average Bonchev–Trinajstić information content (AvgIpc) is 2.69. The van der Waals surface area contributed by atoms with E-state index >= 15 is 0 Å². The van der Waals surface area contributed by atoms with Crippen molar-refractivity contribution in [3.8, 4) is 0 Å². The van der Waals surface area contributed by atoms with Crippen LogP contribution in [-0.2, 0) is 11.3 Å². The Kier molecular flexibility index (Phi) is 5.69. The molecule has 3 heteroatoms. The Labute approximate surface area is 155 Å². The van der Waals surface area contributed by atoms with Gasteiger partial charge in [0.15, 0.2) is 0 Å². The summed E-state index contributed by atoms with van der Waals surface area (Å²) >= 11 is 0. The minimum absolute atomic E-state index is 0.0117. The topological polar surface area (TPSA) is 32.3 Å². The SMILES string of the molecule is CN(C)c1ccc([C@H](C(=O)NCc2ccccc2)c2ccccc2)cc1. The normalized spacial score (nSPS) is 11.6. The van der Waals surface area contributed by atoms with E-state index in [1.54, 1.807) is 0 Å². The molecule has 0 aliphatic carbocycles. The van der Waals surface area contributed by atoms with Crippen molar-refractivity contribution in [3.05, 3.63) is 102 Å². The second-order valence-electron chi connectivity index (χ2n) is 6.53. The number of amides is 1. The molecule has 0 aliphatic heterocycles. The molecule has 1 atom stereocenters. The van der Waals surface area contributed by atoms with Crippen LogP contribution >= 0.6 is 0 Å². The van der Waals surface area contributed by atoms with Crippen molar-refractivity contribution in [2.24, 2.45) is 0 Å². The molecule has 1 N–H and O–H groups in total. The van der Waals surface area contributed by atoms with Crippen molar-refractivity contribution < 1.29 is 4.79 Å². The summed E-state index contributed by atoms with van der Waals surface area (Å²) < 4.78 is 0. The van der Waals surface area contributed by atoms with E-state index in [1.807, 2.05) is 86.9 Å². The third-order valence-electron chi connectivity index (χ3n) is 4.45. The first-order valence-electron chi connectivity index (χ1n) is 8.79. The van der Waals surface area contributed by atoms with Crippen molar-refractivity contribution in [2.45, 2.75) is 12.5 Å². The summed E-state index contributed by atoms with van der Waals surface area (Å²) in [6.07, 6.45) is 0. The van der Waals surface area contributed by atoms with Crippen LogP contribution in [0.15, 0.2) is 84.9 Å². The fraction of sp³-hybridized carbons (Fsp3) is 0.174. The summed E-state index contributed by atoms with van der Waals surface area (Å²) in [4.78, 5) is 15.1. The minimum atomic E-state index is -0.323. The lowest BCUT2D eigenvalue weighted by atomic mass is 9.90. The third kappa shape index (κ3) is 4.31. The largest absolute Gasteiger partial charge is 0.378 e. The van der Waals surface area contributed by atoms with E-state index in [0.717, 1.165) is 22.4 Å². The molecule has 3 aromatic rings. The number of hydrogen-bond acceptors (Lipinski definition) is 2. The van der Waals surface area contributed by atoms with Gasteiger partial charge in [-0.3, -0.25) is 4.79 Å². The van der Waals surface area contributed by atoms with Gasteiger partial charge in [-0.2, -0.15) is 0 Å². The Bertz CT molecular complexity index is 827. The van der Waals surface area contributed by atoms with Gasteiger partial charge in [-0.05, 0) is 28.8 Å². The van der Waals surface area contributed by atoms with E-state index in [2.05, 4.69) is 22.3 Å². The zero-order valence-corrected chi connectivity index (χ0v) is 15.2. The van der Waals surface area contributed by atoms with Crippen molar-refractivity contribution in [2.75, 3.05) is 19.0 Å². The number of nitrogens with zero attached hydrogens (tertiary/aromatic N) is 1. The van der Waals surface area contributed by atoms with Crippen LogP contribution in [0.3, 0.4) is 0 Å². The first-order valence-corrected chi connectivity index (χ1v) is 8.79. The van der Waals surface area contributed by atoms with Gasteiger partial charge in [-0.25, -0.2) is 0 Å². The second-order valence-corrected chi connectivity index (χ2v) is 6.53. The van der Waals surface area contributed by atoms with Gasteiger partial charge in [-0.1, -0.05) is 72.8 Å². The molecule has 3 aromatic carbocycles. The highest BCUT2D eigenvalue weighted by atomic mass is 16.1. The van der Waals surface area contributed by atoms with E-state index < -0.39 is 0 Å². The van der Waals surface area contributed by atoms with Crippen LogP contribution in [0.2, 0.25) is 0 Å². The first kappa shape index (κ1) is 17.7. The van der Waals surface area contributed by atoms with Crippen LogP contribution in [0.25, 0.3) is 0 Å². The fourth-order valence-electron chi connectivity index (χ4n) is 2.99. The zero-order valence-electron chi connectivity index (χ0n) is 15.2. The standard InChI is InChI=1S/C23H24N2O/c1-25(2)21-15-13-20(14-16-21)22(19-11-7-4-8-12-19)23(26)24-17-18-9-5-3-6-10-18/h3-16,22H,17H2,1-2H3,(H,24,26)/t22-/m1/s1. The van der Waals surface area contributed by atoms with Gasteiger partial charge >= 0.3 is 0 Å². The molecule has 0 spiro atoms. The van der Waals surface area contributed by atoms with Gasteiger partial charge in [0.2, 0.25) is 5.91 Å². The highest BCUT2D eigenvalue weighted by Gasteiger charge is 2.22. The molecular weight excluding hydrogens is 320 g/mol. The van der Waals surface area contributed by atoms with Gasteiger partial charge < -0.3 is 10.2 Å². The van der Waals surface area contributed by atoms with Gasteiger partial charge in [0.25, 0.3) is 0 Å². The predicted molar refractivity (Wildman–Crippen MR) is 107 cm³/mol. The maximum atomic E-state index is 13.0. The first-order chi connectivity index (χ1) is 12.6. The smallest absolute Gasteiger partial charge is 0.232 e. The second kappa shape index (κ2) is 8.34. The molecule has 0 radical (unpaired) electrons. The lowest BCUT2D eigenvalue weighted by molar-refractivity contribution is -0.121. The van der Waals surface area contributed by atoms with E-state index in [9.17, 15) is 4.79 Å². The van der Waals surface area contributed by atoms with E-state index in [4.69, 9.17) is 0 Å². The van der Waals surface area contributed by atoms with Crippen molar-refractivity contribution in [1.29, 1.82) is 0 Å². The number of carbonyl (C=O) groups is 1. The van der Waals surface area contributed by atoms with Crippen LogP contribution in [0.4, 0.5) is 5.69 Å². The van der Waals surface area contributed by atoms with Crippen LogP contribution in [-0.4, -0.2) is 20.0 Å². The average molecular weight is 344 g/mol. The van der Waals surface area contributed by atoms with Gasteiger partial charge in [-0.15, -0.1) is 0 Å². The number of rotatable bonds is 6. The number of anilines is 1. The van der Waals surface area contributed by atoms with Crippen LogP contribution < -0.4 is 10.2 Å². The molecule has 0 unspecified atom stereocenters. The summed E-state index contributed by atoms with van der Waals surface area (Å²) in [5.41, 5.74) is 4.20. The zero-order chi connectivity index (χ0) is 18.4. The number of hydrogen-bond donors (Lipinski definition) is 1. The van der Waals surface area contributed by atoms with Gasteiger partial charge in [0.05, 0.1) is 5.92 Å². The number of benzene rings is 3. The molecule has 0 saturated carbocycles. The lowest BCUT2D eigenvalue weighted by Gasteiger charge is -2.19. The number of carbonyl (C=O) groups excluding carboxylic acids is 1. The predicted octanol–water partition coefficient (Wildman–Crippen LogP) is 4.20. The molecule has 1 amide bonds. The van der Waals surface area contributed by atoms with E-state index in [1.165, 1.54) is 0 Å². The summed E-state index contributed by atoms with van der Waals surface area (Å²) in [7, 11) is 4.02.